The molecule has 0 aliphatic heterocycles. The van der Waals surface area contributed by atoms with Gasteiger partial charge < -0.3 is 9.47 Å². The lowest BCUT2D eigenvalue weighted by Crippen LogP contribution is -1.98. The summed E-state index contributed by atoms with van der Waals surface area (Å²) in [7, 11) is 0. The number of hydrogen-bond donors (Lipinski definition) is 0. The van der Waals surface area contributed by atoms with E-state index in [0.29, 0.717) is 0 Å². The van der Waals surface area contributed by atoms with Gasteiger partial charge in [-0.05, 0) is 12.1 Å². The van der Waals surface area contributed by atoms with Gasteiger partial charge in [-0.15, -0.1) is 12.8 Å². The van der Waals surface area contributed by atoms with Gasteiger partial charge in [-0.2, -0.15) is 0 Å². The fraction of sp³-hybridized carbons (Fsp3) is 0.111. The minimum absolute atomic E-state index is 0.227. The van der Waals surface area contributed by atoms with Gasteiger partial charge in [-0.25, -0.2) is 0 Å². The summed E-state index contributed by atoms with van der Waals surface area (Å²) in [5.41, 5.74) is 1.85. The third kappa shape index (κ3) is 3.13. The van der Waals surface area contributed by atoms with Crippen LogP contribution in [0.5, 0.6) is 11.5 Å². The number of rotatable bonds is 5. The molecular weight excluding hydrogens is 248 g/mol. The van der Waals surface area contributed by atoms with Crippen LogP contribution in [-0.2, 0) is 0 Å². The standard InChI is InChI=1S/C18H14O2/c1-3-13-19-17-11-7-5-9-15(17)16-10-6-8-12-18(16)20-14-4-2/h1-2,5-12H,13-14H2. The minimum atomic E-state index is 0.227. The summed E-state index contributed by atoms with van der Waals surface area (Å²) >= 11 is 0. The first kappa shape index (κ1) is 13.6. The average molecular weight is 262 g/mol. The second-order valence-electron chi connectivity index (χ2n) is 3.98. The lowest BCUT2D eigenvalue weighted by Gasteiger charge is -2.13. The zero-order valence-electron chi connectivity index (χ0n) is 11.0. The Morgan fingerprint density at radius 2 is 1.10 bits per heavy atom. The SMILES string of the molecule is C#CCOc1ccccc1-c1ccccc1OCC#C. The molecule has 2 aromatic rings. The van der Waals surface area contributed by atoms with Crippen LogP contribution in [0.15, 0.2) is 48.5 Å². The number of benzene rings is 2. The molecule has 2 heteroatoms. The van der Waals surface area contributed by atoms with Gasteiger partial charge in [0.15, 0.2) is 0 Å². The van der Waals surface area contributed by atoms with Crippen molar-refractivity contribution in [1.82, 2.24) is 0 Å². The molecule has 2 aromatic carbocycles. The summed E-state index contributed by atoms with van der Waals surface area (Å²) in [6, 6.07) is 15.4. The Labute approximate surface area is 119 Å². The highest BCUT2D eigenvalue weighted by Crippen LogP contribution is 2.36. The van der Waals surface area contributed by atoms with Crippen molar-refractivity contribution in [3.63, 3.8) is 0 Å². The highest BCUT2D eigenvalue weighted by atomic mass is 16.5. The lowest BCUT2D eigenvalue weighted by atomic mass is 10.0. The molecule has 0 radical (unpaired) electrons. The first-order valence-corrected chi connectivity index (χ1v) is 6.17. The summed E-state index contributed by atoms with van der Waals surface area (Å²) in [5, 5.41) is 0. The molecule has 0 atom stereocenters. The Hall–Kier alpha value is -2.84. The summed E-state index contributed by atoms with van der Waals surface area (Å²) in [6.45, 7) is 0.453. The zero-order chi connectivity index (χ0) is 14.2. The number of ether oxygens (including phenoxy) is 2. The molecule has 0 N–H and O–H groups in total. The van der Waals surface area contributed by atoms with Crippen LogP contribution >= 0.6 is 0 Å². The first-order chi connectivity index (χ1) is 9.86. The van der Waals surface area contributed by atoms with E-state index in [9.17, 15) is 0 Å². The summed E-state index contributed by atoms with van der Waals surface area (Å²) < 4.78 is 11.1. The number of para-hydroxylation sites is 2. The second kappa shape index (κ2) is 6.92. The molecule has 0 saturated heterocycles. The Bertz CT molecular complexity index is 600. The molecule has 98 valence electrons. The Balaban J connectivity index is 2.41. The second-order valence-corrected chi connectivity index (χ2v) is 3.98. The third-order valence-corrected chi connectivity index (χ3v) is 2.69. The van der Waals surface area contributed by atoms with Gasteiger partial charge in [0.05, 0.1) is 0 Å². The molecule has 0 fully saturated rings. The van der Waals surface area contributed by atoms with Crippen molar-refractivity contribution >= 4 is 0 Å². The van der Waals surface area contributed by atoms with E-state index in [4.69, 9.17) is 22.3 Å². The molecule has 0 spiro atoms. The molecule has 2 nitrogen and oxygen atoms in total. The van der Waals surface area contributed by atoms with Crippen LogP contribution in [0.25, 0.3) is 11.1 Å². The largest absolute Gasteiger partial charge is 0.480 e. The summed E-state index contributed by atoms with van der Waals surface area (Å²) in [5.74, 6) is 6.38. The summed E-state index contributed by atoms with van der Waals surface area (Å²) in [6.07, 6.45) is 10.5. The maximum absolute atomic E-state index is 5.57. The fourth-order valence-electron chi connectivity index (χ4n) is 1.87. The van der Waals surface area contributed by atoms with Gasteiger partial charge in [0.1, 0.15) is 24.7 Å². The van der Waals surface area contributed by atoms with E-state index in [2.05, 4.69) is 11.8 Å². The van der Waals surface area contributed by atoms with E-state index in [1.165, 1.54) is 0 Å². The molecule has 20 heavy (non-hydrogen) atoms. The van der Waals surface area contributed by atoms with Crippen LogP contribution in [0.4, 0.5) is 0 Å². The maximum Gasteiger partial charge on any atom is 0.148 e. The fourth-order valence-corrected chi connectivity index (χ4v) is 1.87. The number of terminal acetylenes is 2. The molecule has 0 aromatic heterocycles. The van der Waals surface area contributed by atoms with Gasteiger partial charge in [0, 0.05) is 11.1 Å². The average Bonchev–Trinajstić information content (AvgIpc) is 2.51. The number of hydrogen-bond acceptors (Lipinski definition) is 2. The van der Waals surface area contributed by atoms with Crippen molar-refractivity contribution in [3.8, 4) is 47.3 Å². The highest BCUT2D eigenvalue weighted by Gasteiger charge is 2.10. The van der Waals surface area contributed by atoms with Crippen molar-refractivity contribution in [3.05, 3.63) is 48.5 Å². The van der Waals surface area contributed by atoms with Crippen LogP contribution < -0.4 is 9.47 Å². The van der Waals surface area contributed by atoms with Gasteiger partial charge in [-0.3, -0.25) is 0 Å². The van der Waals surface area contributed by atoms with Crippen molar-refractivity contribution in [2.45, 2.75) is 0 Å². The van der Waals surface area contributed by atoms with Crippen LogP contribution in [0, 0.1) is 24.7 Å². The third-order valence-electron chi connectivity index (χ3n) is 2.69. The summed E-state index contributed by atoms with van der Waals surface area (Å²) in [4.78, 5) is 0. The monoisotopic (exact) mass is 262 g/mol. The van der Waals surface area contributed by atoms with Crippen molar-refractivity contribution in [2.75, 3.05) is 13.2 Å². The minimum Gasteiger partial charge on any atom is -0.480 e. The van der Waals surface area contributed by atoms with Crippen LogP contribution in [0.1, 0.15) is 0 Å². The molecule has 0 saturated carbocycles. The van der Waals surface area contributed by atoms with Crippen molar-refractivity contribution in [2.24, 2.45) is 0 Å². The Morgan fingerprint density at radius 1 is 0.700 bits per heavy atom. The highest BCUT2D eigenvalue weighted by molar-refractivity contribution is 5.75. The van der Waals surface area contributed by atoms with E-state index >= 15 is 0 Å². The molecule has 2 rings (SSSR count). The topological polar surface area (TPSA) is 18.5 Å². The quantitative estimate of drug-likeness (QED) is 0.769. The van der Waals surface area contributed by atoms with Gasteiger partial charge >= 0.3 is 0 Å². The van der Waals surface area contributed by atoms with E-state index in [-0.39, 0.29) is 13.2 Å². The molecule has 0 aliphatic carbocycles. The van der Waals surface area contributed by atoms with Crippen LogP contribution in [0.3, 0.4) is 0 Å². The van der Waals surface area contributed by atoms with Crippen LogP contribution in [-0.4, -0.2) is 13.2 Å². The Morgan fingerprint density at radius 3 is 1.50 bits per heavy atom. The maximum atomic E-state index is 5.57. The van der Waals surface area contributed by atoms with Gasteiger partial charge in [0.25, 0.3) is 0 Å². The molecule has 0 bridgehead atoms. The van der Waals surface area contributed by atoms with Crippen LogP contribution in [0.2, 0.25) is 0 Å². The first-order valence-electron chi connectivity index (χ1n) is 6.17. The normalized spacial score (nSPS) is 9.30. The van der Waals surface area contributed by atoms with Gasteiger partial charge in [-0.1, -0.05) is 48.2 Å². The van der Waals surface area contributed by atoms with E-state index < -0.39 is 0 Å². The molecule has 0 heterocycles. The van der Waals surface area contributed by atoms with Crippen molar-refractivity contribution in [1.29, 1.82) is 0 Å². The lowest BCUT2D eigenvalue weighted by molar-refractivity contribution is 0.366. The van der Waals surface area contributed by atoms with Gasteiger partial charge in [0.2, 0.25) is 0 Å². The zero-order valence-corrected chi connectivity index (χ0v) is 11.0. The predicted molar refractivity (Wildman–Crippen MR) is 80.5 cm³/mol. The smallest absolute Gasteiger partial charge is 0.148 e. The van der Waals surface area contributed by atoms with E-state index in [0.717, 1.165) is 22.6 Å². The Kier molecular flexibility index (Phi) is 4.70. The molecule has 0 aliphatic rings. The molecule has 0 unspecified atom stereocenters. The van der Waals surface area contributed by atoms with Crippen molar-refractivity contribution < 1.29 is 9.47 Å². The van der Waals surface area contributed by atoms with E-state index in [1.807, 2.05) is 48.5 Å². The predicted octanol–water partition coefficient (Wildman–Crippen LogP) is 3.38. The molecular formula is C18H14O2. The molecule has 0 amide bonds. The van der Waals surface area contributed by atoms with E-state index in [1.54, 1.807) is 0 Å².